The standard InChI is InChI=1S/C22H19N9/c1-12-10-31(11-25-12)18-6-7-23-22-14(18)8-17(27-22)21-20-16(28-29-21)5-4-15(26-20)19-9-24-13(2)30(19)3/h4-11H,1-3H3,(H,23,27)(H,28,29). The van der Waals surface area contributed by atoms with Crippen LogP contribution in [0.3, 0.4) is 0 Å². The number of rotatable bonds is 3. The van der Waals surface area contributed by atoms with Crippen molar-refractivity contribution in [1.82, 2.24) is 44.3 Å². The van der Waals surface area contributed by atoms with E-state index in [1.807, 2.05) is 66.9 Å². The molecule has 0 atom stereocenters. The summed E-state index contributed by atoms with van der Waals surface area (Å²) in [4.78, 5) is 21.5. The van der Waals surface area contributed by atoms with Crippen molar-refractivity contribution in [3.8, 4) is 28.5 Å². The van der Waals surface area contributed by atoms with Gasteiger partial charge in [0.25, 0.3) is 0 Å². The largest absolute Gasteiger partial charge is 0.338 e. The molecule has 0 spiro atoms. The molecule has 6 aromatic rings. The minimum absolute atomic E-state index is 0.751. The van der Waals surface area contributed by atoms with Crippen LogP contribution in [0.1, 0.15) is 11.5 Å². The zero-order valence-electron chi connectivity index (χ0n) is 17.2. The molecule has 6 heterocycles. The SMILES string of the molecule is Cc1cn(-c2ccnc3[nH]c(-c4n[nH]c5ccc(-c6cnc(C)n6C)nc45)cc23)cn1. The normalized spacial score (nSPS) is 11.7. The Balaban J connectivity index is 1.52. The van der Waals surface area contributed by atoms with Crippen LogP contribution in [-0.2, 0) is 7.05 Å². The molecule has 0 radical (unpaired) electrons. The third kappa shape index (κ3) is 2.67. The number of pyridine rings is 2. The van der Waals surface area contributed by atoms with Gasteiger partial charge in [-0.2, -0.15) is 5.10 Å². The van der Waals surface area contributed by atoms with Crippen molar-refractivity contribution >= 4 is 22.1 Å². The summed E-state index contributed by atoms with van der Waals surface area (Å²) in [7, 11) is 1.99. The predicted molar refractivity (Wildman–Crippen MR) is 118 cm³/mol. The molecule has 6 aromatic heterocycles. The summed E-state index contributed by atoms with van der Waals surface area (Å²) in [5, 5.41) is 8.62. The zero-order chi connectivity index (χ0) is 21.1. The number of imidazole rings is 2. The summed E-state index contributed by atoms with van der Waals surface area (Å²) in [5.74, 6) is 0.938. The highest BCUT2D eigenvalue weighted by molar-refractivity contribution is 5.95. The number of nitrogens with one attached hydrogen (secondary N) is 2. The van der Waals surface area contributed by atoms with Gasteiger partial charge in [0, 0.05) is 24.8 Å². The van der Waals surface area contributed by atoms with E-state index < -0.39 is 0 Å². The summed E-state index contributed by atoms with van der Waals surface area (Å²) in [6, 6.07) is 8.01. The van der Waals surface area contributed by atoms with Gasteiger partial charge in [0.1, 0.15) is 22.7 Å². The molecule has 6 rings (SSSR count). The van der Waals surface area contributed by atoms with Crippen LogP contribution in [-0.4, -0.2) is 44.3 Å². The van der Waals surface area contributed by atoms with Crippen LogP contribution in [0.2, 0.25) is 0 Å². The van der Waals surface area contributed by atoms with E-state index in [2.05, 4.69) is 36.2 Å². The highest BCUT2D eigenvalue weighted by Crippen LogP contribution is 2.31. The maximum Gasteiger partial charge on any atom is 0.139 e. The molecule has 9 heteroatoms. The third-order valence-electron chi connectivity index (χ3n) is 5.64. The lowest BCUT2D eigenvalue weighted by Crippen LogP contribution is -1.96. The molecule has 0 amide bonds. The maximum atomic E-state index is 4.90. The van der Waals surface area contributed by atoms with Gasteiger partial charge >= 0.3 is 0 Å². The number of aryl methyl sites for hydroxylation is 2. The van der Waals surface area contributed by atoms with Gasteiger partial charge < -0.3 is 14.1 Å². The van der Waals surface area contributed by atoms with Crippen LogP contribution in [0.4, 0.5) is 0 Å². The lowest BCUT2D eigenvalue weighted by molar-refractivity contribution is 0.862. The monoisotopic (exact) mass is 409 g/mol. The van der Waals surface area contributed by atoms with Crippen molar-refractivity contribution < 1.29 is 0 Å². The lowest BCUT2D eigenvalue weighted by atomic mass is 10.2. The molecule has 2 N–H and O–H groups in total. The number of H-pyrrole nitrogens is 2. The van der Waals surface area contributed by atoms with Crippen molar-refractivity contribution in [2.75, 3.05) is 0 Å². The van der Waals surface area contributed by atoms with E-state index >= 15 is 0 Å². The second-order valence-electron chi connectivity index (χ2n) is 7.61. The van der Waals surface area contributed by atoms with Gasteiger partial charge in [-0.25, -0.2) is 19.9 Å². The molecule has 9 nitrogen and oxygen atoms in total. The molecule has 0 aromatic carbocycles. The number of aromatic nitrogens is 9. The number of fused-ring (bicyclic) bond motifs is 2. The van der Waals surface area contributed by atoms with Crippen LogP contribution in [0.5, 0.6) is 0 Å². The van der Waals surface area contributed by atoms with Gasteiger partial charge in [0.2, 0.25) is 0 Å². The Morgan fingerprint density at radius 3 is 2.71 bits per heavy atom. The number of hydrogen-bond acceptors (Lipinski definition) is 5. The Bertz CT molecular complexity index is 1580. The van der Waals surface area contributed by atoms with E-state index in [-0.39, 0.29) is 0 Å². The van der Waals surface area contributed by atoms with Crippen molar-refractivity contribution in [2.24, 2.45) is 7.05 Å². The van der Waals surface area contributed by atoms with Gasteiger partial charge in [-0.3, -0.25) is 5.10 Å². The van der Waals surface area contributed by atoms with Gasteiger partial charge in [0.05, 0.1) is 46.5 Å². The van der Waals surface area contributed by atoms with Crippen molar-refractivity contribution in [1.29, 1.82) is 0 Å². The molecule has 0 bridgehead atoms. The molecule has 0 aliphatic heterocycles. The van der Waals surface area contributed by atoms with Crippen LogP contribution >= 0.6 is 0 Å². The first-order valence-corrected chi connectivity index (χ1v) is 9.91. The predicted octanol–water partition coefficient (Wildman–Crippen LogP) is 3.70. The molecule has 152 valence electrons. The van der Waals surface area contributed by atoms with Gasteiger partial charge in [0.15, 0.2) is 0 Å². The molecule has 0 fully saturated rings. The molecule has 0 aliphatic rings. The maximum absolute atomic E-state index is 4.90. The van der Waals surface area contributed by atoms with Crippen LogP contribution < -0.4 is 0 Å². The van der Waals surface area contributed by atoms with Gasteiger partial charge in [-0.05, 0) is 38.1 Å². The van der Waals surface area contributed by atoms with E-state index in [1.165, 1.54) is 0 Å². The number of hydrogen-bond donors (Lipinski definition) is 2. The quantitative estimate of drug-likeness (QED) is 0.464. The van der Waals surface area contributed by atoms with Crippen molar-refractivity contribution in [2.45, 2.75) is 13.8 Å². The zero-order valence-corrected chi connectivity index (χ0v) is 17.2. The Hall–Kier alpha value is -4.27. The molecule has 0 saturated carbocycles. The Morgan fingerprint density at radius 2 is 1.94 bits per heavy atom. The highest BCUT2D eigenvalue weighted by atomic mass is 15.1. The second-order valence-corrected chi connectivity index (χ2v) is 7.61. The first-order chi connectivity index (χ1) is 15.1. The number of aromatic amines is 2. The fraction of sp³-hybridized carbons (Fsp3) is 0.136. The molecular weight excluding hydrogens is 390 g/mol. The van der Waals surface area contributed by atoms with Gasteiger partial charge in [-0.1, -0.05) is 0 Å². The first-order valence-electron chi connectivity index (χ1n) is 9.91. The Morgan fingerprint density at radius 1 is 1.03 bits per heavy atom. The summed E-state index contributed by atoms with van der Waals surface area (Å²) >= 11 is 0. The van der Waals surface area contributed by atoms with Gasteiger partial charge in [-0.15, -0.1) is 0 Å². The molecule has 0 saturated heterocycles. The van der Waals surface area contributed by atoms with E-state index in [1.54, 1.807) is 6.20 Å². The van der Waals surface area contributed by atoms with E-state index in [0.29, 0.717) is 0 Å². The smallest absolute Gasteiger partial charge is 0.139 e. The van der Waals surface area contributed by atoms with Crippen LogP contribution in [0.15, 0.2) is 49.2 Å². The molecular formula is C22H19N9. The first kappa shape index (κ1) is 17.6. The summed E-state index contributed by atoms with van der Waals surface area (Å²) in [6.07, 6.45) is 7.44. The molecule has 0 aliphatic carbocycles. The Labute approximate surface area is 176 Å². The van der Waals surface area contributed by atoms with E-state index in [4.69, 9.17) is 4.98 Å². The highest BCUT2D eigenvalue weighted by Gasteiger charge is 2.17. The third-order valence-corrected chi connectivity index (χ3v) is 5.64. The second kappa shape index (κ2) is 6.36. The fourth-order valence-corrected chi connectivity index (χ4v) is 3.89. The van der Waals surface area contributed by atoms with E-state index in [0.717, 1.165) is 62.0 Å². The topological polar surface area (TPSA) is 106 Å². The van der Waals surface area contributed by atoms with Crippen LogP contribution in [0, 0.1) is 13.8 Å². The van der Waals surface area contributed by atoms with Crippen molar-refractivity contribution in [3.63, 3.8) is 0 Å². The molecule has 31 heavy (non-hydrogen) atoms. The number of nitrogens with zero attached hydrogens (tertiary/aromatic N) is 7. The summed E-state index contributed by atoms with van der Waals surface area (Å²) < 4.78 is 4.03. The minimum atomic E-state index is 0.751. The average molecular weight is 409 g/mol. The Kier molecular flexibility index (Phi) is 3.61. The molecule has 0 unspecified atom stereocenters. The minimum Gasteiger partial charge on any atom is -0.338 e. The average Bonchev–Trinajstić information content (AvgIpc) is 3.54. The lowest BCUT2D eigenvalue weighted by Gasteiger charge is -2.03. The van der Waals surface area contributed by atoms with E-state index in [9.17, 15) is 0 Å². The summed E-state index contributed by atoms with van der Waals surface area (Å²) in [6.45, 7) is 3.95. The van der Waals surface area contributed by atoms with Crippen molar-refractivity contribution in [3.05, 3.63) is 60.7 Å². The summed E-state index contributed by atoms with van der Waals surface area (Å²) in [5.41, 5.74) is 7.83. The van der Waals surface area contributed by atoms with Crippen LogP contribution in [0.25, 0.3) is 50.5 Å². The fourth-order valence-electron chi connectivity index (χ4n) is 3.89.